The van der Waals surface area contributed by atoms with Crippen LogP contribution in [0.4, 0.5) is 0 Å². The fraction of sp³-hybridized carbons (Fsp3) is 0.0714. The fourth-order valence-electron chi connectivity index (χ4n) is 3.20. The third kappa shape index (κ3) is 5.97. The number of methoxy groups -OCH3 is 2. The Bertz CT molecular complexity index is 1330. The Kier molecular flexibility index (Phi) is 8.08. The molecule has 0 radical (unpaired) electrons. The highest BCUT2D eigenvalue weighted by Crippen LogP contribution is 2.28. The summed E-state index contributed by atoms with van der Waals surface area (Å²) in [5, 5.41) is 29.0. The minimum atomic E-state index is -0.437. The van der Waals surface area contributed by atoms with Crippen molar-refractivity contribution in [3.05, 3.63) is 113 Å². The molecule has 7 heteroatoms. The maximum absolute atomic E-state index is 12.1. The molecular weight excluding hydrogens is 448 g/mol. The second-order valence-corrected chi connectivity index (χ2v) is 7.30. The predicted molar refractivity (Wildman–Crippen MR) is 131 cm³/mol. The lowest BCUT2D eigenvalue weighted by Crippen LogP contribution is -2.02. The summed E-state index contributed by atoms with van der Waals surface area (Å²) in [6.45, 7) is 0. The Labute approximate surface area is 202 Å². The second-order valence-electron chi connectivity index (χ2n) is 7.30. The van der Waals surface area contributed by atoms with Gasteiger partial charge in [-0.1, -0.05) is 24.3 Å². The van der Waals surface area contributed by atoms with Crippen LogP contribution in [-0.2, 0) is 0 Å². The Morgan fingerprint density at radius 2 is 1.00 bits per heavy atom. The van der Waals surface area contributed by atoms with Gasteiger partial charge in [-0.3, -0.25) is 9.59 Å². The first kappa shape index (κ1) is 24.9. The largest absolute Gasteiger partial charge is 0.507 e. The molecular formula is C28H24O7. The first-order chi connectivity index (χ1) is 16.8. The average Bonchev–Trinajstić information content (AvgIpc) is 2.89. The molecule has 0 amide bonds. The lowest BCUT2D eigenvalue weighted by molar-refractivity contribution is 0.102. The summed E-state index contributed by atoms with van der Waals surface area (Å²) in [6.07, 6.45) is 0. The van der Waals surface area contributed by atoms with Crippen molar-refractivity contribution in [1.82, 2.24) is 0 Å². The molecule has 0 fully saturated rings. The van der Waals surface area contributed by atoms with Gasteiger partial charge in [0.25, 0.3) is 0 Å². The van der Waals surface area contributed by atoms with Crippen molar-refractivity contribution >= 4 is 11.6 Å². The van der Waals surface area contributed by atoms with Crippen molar-refractivity contribution in [2.75, 3.05) is 14.2 Å². The number of ether oxygens (including phenoxy) is 2. The monoisotopic (exact) mass is 472 g/mol. The number of para-hydroxylation sites is 2. The highest BCUT2D eigenvalue weighted by molar-refractivity contribution is 6.12. The van der Waals surface area contributed by atoms with E-state index in [2.05, 4.69) is 0 Å². The highest BCUT2D eigenvalue weighted by atomic mass is 16.5. The zero-order chi connectivity index (χ0) is 25.4. The van der Waals surface area contributed by atoms with Crippen LogP contribution in [0.25, 0.3) is 0 Å². The molecule has 0 heterocycles. The van der Waals surface area contributed by atoms with E-state index in [1.807, 2.05) is 0 Å². The Balaban J connectivity index is 0.000000196. The topological polar surface area (TPSA) is 113 Å². The van der Waals surface area contributed by atoms with E-state index < -0.39 is 5.78 Å². The number of hydrogen-bond acceptors (Lipinski definition) is 7. The van der Waals surface area contributed by atoms with Crippen LogP contribution in [0.5, 0.6) is 28.7 Å². The van der Waals surface area contributed by atoms with Crippen molar-refractivity contribution in [2.24, 2.45) is 0 Å². The molecule has 0 atom stereocenters. The lowest BCUT2D eigenvalue weighted by atomic mass is 10.0. The smallest absolute Gasteiger partial charge is 0.200 e. The number of aromatic hydroxyl groups is 3. The van der Waals surface area contributed by atoms with Crippen LogP contribution in [0.3, 0.4) is 0 Å². The number of benzene rings is 4. The molecule has 0 aliphatic heterocycles. The Morgan fingerprint density at radius 1 is 0.543 bits per heavy atom. The number of carbonyl (C=O) groups is 2. The molecule has 0 aliphatic carbocycles. The Morgan fingerprint density at radius 3 is 1.49 bits per heavy atom. The predicted octanol–water partition coefficient (Wildman–Crippen LogP) is 4.97. The van der Waals surface area contributed by atoms with E-state index in [0.29, 0.717) is 22.6 Å². The number of carbonyl (C=O) groups excluding carboxylic acids is 2. The normalized spacial score (nSPS) is 10.0. The van der Waals surface area contributed by atoms with Gasteiger partial charge in [0.05, 0.1) is 30.9 Å². The van der Waals surface area contributed by atoms with Gasteiger partial charge in [-0.05, 0) is 60.7 Å². The standard InChI is InChI=1S/C14H12O4.C14H12O3/c1-18-9-6-7-11(13(16)8-9)14(17)10-4-2-3-5-12(10)15;1-17-11-8-6-10(7-9-11)14(16)12-4-2-3-5-13(12)15/h2-8,15-16H,1H3;2-9,15H,1H3. The molecule has 0 spiro atoms. The molecule has 0 unspecified atom stereocenters. The van der Waals surface area contributed by atoms with Gasteiger partial charge < -0.3 is 24.8 Å². The highest BCUT2D eigenvalue weighted by Gasteiger charge is 2.17. The first-order valence-corrected chi connectivity index (χ1v) is 10.5. The van der Waals surface area contributed by atoms with E-state index >= 15 is 0 Å². The lowest BCUT2D eigenvalue weighted by Gasteiger charge is -2.07. The number of hydrogen-bond donors (Lipinski definition) is 3. The third-order valence-electron chi connectivity index (χ3n) is 5.10. The molecule has 4 aromatic rings. The van der Waals surface area contributed by atoms with Crippen molar-refractivity contribution in [1.29, 1.82) is 0 Å². The summed E-state index contributed by atoms with van der Waals surface area (Å²) < 4.78 is 9.96. The summed E-state index contributed by atoms with van der Waals surface area (Å²) >= 11 is 0. The SMILES string of the molecule is COc1ccc(C(=O)c2ccccc2O)c(O)c1.COc1ccc(C(=O)c2ccccc2O)cc1. The molecule has 4 rings (SSSR count). The fourth-order valence-corrected chi connectivity index (χ4v) is 3.20. The van der Waals surface area contributed by atoms with Crippen LogP contribution in [0.1, 0.15) is 31.8 Å². The minimum Gasteiger partial charge on any atom is -0.507 e. The van der Waals surface area contributed by atoms with Crippen LogP contribution in [0.15, 0.2) is 91.0 Å². The van der Waals surface area contributed by atoms with Crippen molar-refractivity contribution in [2.45, 2.75) is 0 Å². The van der Waals surface area contributed by atoms with Crippen molar-refractivity contribution in [3.8, 4) is 28.7 Å². The number of phenols is 3. The van der Waals surface area contributed by atoms with Crippen LogP contribution in [-0.4, -0.2) is 41.1 Å². The summed E-state index contributed by atoms with van der Waals surface area (Å²) in [4.78, 5) is 24.2. The van der Waals surface area contributed by atoms with Crippen LogP contribution in [0, 0.1) is 0 Å². The van der Waals surface area contributed by atoms with Crippen LogP contribution in [0.2, 0.25) is 0 Å². The van der Waals surface area contributed by atoms with Gasteiger partial charge in [-0.2, -0.15) is 0 Å². The average molecular weight is 472 g/mol. The van der Waals surface area contributed by atoms with E-state index in [4.69, 9.17) is 9.47 Å². The first-order valence-electron chi connectivity index (χ1n) is 10.5. The molecule has 35 heavy (non-hydrogen) atoms. The number of ketones is 2. The van der Waals surface area contributed by atoms with E-state index in [1.165, 1.54) is 37.4 Å². The molecule has 0 saturated carbocycles. The van der Waals surface area contributed by atoms with Crippen LogP contribution < -0.4 is 9.47 Å². The van der Waals surface area contributed by atoms with Gasteiger partial charge in [-0.25, -0.2) is 0 Å². The van der Waals surface area contributed by atoms with Gasteiger partial charge in [0.2, 0.25) is 0 Å². The summed E-state index contributed by atoms with van der Waals surface area (Å²) in [7, 11) is 3.04. The van der Waals surface area contributed by atoms with Gasteiger partial charge in [0.1, 0.15) is 28.7 Å². The molecule has 0 aliphatic rings. The molecule has 4 aromatic carbocycles. The van der Waals surface area contributed by atoms with E-state index in [1.54, 1.807) is 67.8 Å². The quantitative estimate of drug-likeness (QED) is 0.340. The van der Waals surface area contributed by atoms with Crippen LogP contribution >= 0.6 is 0 Å². The maximum Gasteiger partial charge on any atom is 0.200 e. The van der Waals surface area contributed by atoms with E-state index in [0.717, 1.165) is 0 Å². The zero-order valence-electron chi connectivity index (χ0n) is 19.1. The molecule has 0 bridgehead atoms. The number of phenolic OH excluding ortho intramolecular Hbond substituents is 3. The van der Waals surface area contributed by atoms with E-state index in [9.17, 15) is 24.9 Å². The molecule has 0 saturated heterocycles. The van der Waals surface area contributed by atoms with Gasteiger partial charge in [0, 0.05) is 11.6 Å². The zero-order valence-corrected chi connectivity index (χ0v) is 19.1. The molecule has 0 aromatic heterocycles. The molecule has 7 nitrogen and oxygen atoms in total. The summed E-state index contributed by atoms with van der Waals surface area (Å²) in [5.74, 6) is 0.216. The van der Waals surface area contributed by atoms with Crippen molar-refractivity contribution < 1.29 is 34.4 Å². The third-order valence-corrected chi connectivity index (χ3v) is 5.10. The Hall–Kier alpha value is -4.78. The van der Waals surface area contributed by atoms with Crippen molar-refractivity contribution in [3.63, 3.8) is 0 Å². The van der Waals surface area contributed by atoms with E-state index in [-0.39, 0.29) is 34.2 Å². The van der Waals surface area contributed by atoms with Gasteiger partial charge in [0.15, 0.2) is 11.6 Å². The number of rotatable bonds is 6. The van der Waals surface area contributed by atoms with Gasteiger partial charge in [-0.15, -0.1) is 0 Å². The second kappa shape index (κ2) is 11.4. The molecule has 3 N–H and O–H groups in total. The minimum absolute atomic E-state index is 0.00619. The summed E-state index contributed by atoms with van der Waals surface area (Å²) in [5.41, 5.74) is 1.10. The summed E-state index contributed by atoms with van der Waals surface area (Å²) in [6, 6.07) is 23.9. The van der Waals surface area contributed by atoms with Gasteiger partial charge >= 0.3 is 0 Å². The maximum atomic E-state index is 12.1. The molecule has 178 valence electrons.